The number of carbonyl (C=O) groups is 1. The number of hydrogen-bond donors (Lipinski definition) is 0. The topological polar surface area (TPSA) is 50.1 Å². The number of ether oxygens (including phenoxy) is 1. The molecule has 1 saturated carbocycles. The minimum absolute atomic E-state index is 0.0329. The number of nitriles is 1. The van der Waals surface area contributed by atoms with E-state index in [4.69, 9.17) is 10.00 Å². The third kappa shape index (κ3) is 4.44. The van der Waals surface area contributed by atoms with Gasteiger partial charge in [0.25, 0.3) is 0 Å². The standard InChI is InChI=1S/C12H19NO2S/c1-9-4-10(6-12(2,3)5-9)15-11(14)7-16-8-13/h9-10H,4-7H2,1-3H3/t9-,10+/m0/s1. The summed E-state index contributed by atoms with van der Waals surface area (Å²) < 4.78 is 5.39. The Hall–Kier alpha value is -0.690. The van der Waals surface area contributed by atoms with E-state index in [1.165, 1.54) is 6.42 Å². The molecule has 0 unspecified atom stereocenters. The Kier molecular flexibility index (Phi) is 4.67. The zero-order valence-electron chi connectivity index (χ0n) is 10.2. The molecule has 0 saturated heterocycles. The fourth-order valence-electron chi connectivity index (χ4n) is 2.66. The fourth-order valence-corrected chi connectivity index (χ4v) is 2.91. The van der Waals surface area contributed by atoms with Crippen molar-refractivity contribution in [3.05, 3.63) is 0 Å². The molecule has 1 aliphatic rings. The molecule has 0 radical (unpaired) electrons. The average molecular weight is 241 g/mol. The van der Waals surface area contributed by atoms with Crippen molar-refractivity contribution >= 4 is 17.7 Å². The highest BCUT2D eigenvalue weighted by Crippen LogP contribution is 2.39. The fraction of sp³-hybridized carbons (Fsp3) is 0.833. The van der Waals surface area contributed by atoms with Crippen LogP contribution in [-0.2, 0) is 9.53 Å². The molecule has 1 rings (SSSR count). The largest absolute Gasteiger partial charge is 0.462 e. The van der Waals surface area contributed by atoms with Crippen molar-refractivity contribution < 1.29 is 9.53 Å². The van der Waals surface area contributed by atoms with Crippen molar-refractivity contribution in [1.82, 2.24) is 0 Å². The highest BCUT2D eigenvalue weighted by molar-refractivity contribution is 8.04. The van der Waals surface area contributed by atoms with Gasteiger partial charge in [-0.25, -0.2) is 0 Å². The lowest BCUT2D eigenvalue weighted by molar-refractivity contribution is -0.150. The summed E-state index contributed by atoms with van der Waals surface area (Å²) in [7, 11) is 0. The Morgan fingerprint density at radius 1 is 1.56 bits per heavy atom. The van der Waals surface area contributed by atoms with E-state index in [9.17, 15) is 4.79 Å². The van der Waals surface area contributed by atoms with E-state index in [1.807, 2.05) is 5.40 Å². The van der Waals surface area contributed by atoms with Crippen LogP contribution in [0.1, 0.15) is 40.0 Å². The molecule has 0 heterocycles. The summed E-state index contributed by atoms with van der Waals surface area (Å²) in [5, 5.41) is 10.2. The summed E-state index contributed by atoms with van der Waals surface area (Å²) in [6.45, 7) is 6.63. The molecule has 0 bridgehead atoms. The molecule has 4 heteroatoms. The van der Waals surface area contributed by atoms with E-state index in [0.29, 0.717) is 5.92 Å². The summed E-state index contributed by atoms with van der Waals surface area (Å²) in [6.07, 6.45) is 3.10. The average Bonchev–Trinajstić information content (AvgIpc) is 2.11. The monoisotopic (exact) mass is 241 g/mol. The van der Waals surface area contributed by atoms with Gasteiger partial charge in [-0.3, -0.25) is 4.79 Å². The van der Waals surface area contributed by atoms with Gasteiger partial charge < -0.3 is 4.74 Å². The first-order valence-corrected chi connectivity index (χ1v) is 6.62. The molecule has 0 amide bonds. The van der Waals surface area contributed by atoms with Gasteiger partial charge in [-0.15, -0.1) is 0 Å². The lowest BCUT2D eigenvalue weighted by Gasteiger charge is -2.38. The van der Waals surface area contributed by atoms with Crippen LogP contribution in [0.5, 0.6) is 0 Å². The van der Waals surface area contributed by atoms with E-state index >= 15 is 0 Å². The second-order valence-electron chi connectivity index (χ2n) is 5.41. The highest BCUT2D eigenvalue weighted by atomic mass is 32.2. The molecular formula is C12H19NO2S. The van der Waals surface area contributed by atoms with Crippen LogP contribution in [0.3, 0.4) is 0 Å². The molecule has 2 atom stereocenters. The molecule has 0 aliphatic heterocycles. The van der Waals surface area contributed by atoms with Gasteiger partial charge in [-0.05, 0) is 42.4 Å². The quantitative estimate of drug-likeness (QED) is 0.563. The van der Waals surface area contributed by atoms with Crippen LogP contribution in [0.2, 0.25) is 0 Å². The Labute approximate surface area is 102 Å². The summed E-state index contributed by atoms with van der Waals surface area (Å²) in [6, 6.07) is 0. The zero-order valence-corrected chi connectivity index (χ0v) is 11.0. The first kappa shape index (κ1) is 13.4. The molecule has 1 aliphatic carbocycles. The van der Waals surface area contributed by atoms with E-state index in [1.54, 1.807) is 0 Å². The SMILES string of the molecule is C[C@H]1C[C@@H](OC(=O)CSC#N)CC(C)(C)C1. The van der Waals surface area contributed by atoms with Gasteiger partial charge in [0.2, 0.25) is 0 Å². The third-order valence-electron chi connectivity index (χ3n) is 2.90. The first-order valence-electron chi connectivity index (χ1n) is 5.63. The molecule has 0 spiro atoms. The van der Waals surface area contributed by atoms with Crippen LogP contribution in [0.15, 0.2) is 0 Å². The van der Waals surface area contributed by atoms with Crippen LogP contribution in [0.4, 0.5) is 0 Å². The van der Waals surface area contributed by atoms with E-state index in [0.717, 1.165) is 24.6 Å². The first-order chi connectivity index (χ1) is 7.43. The molecular weight excluding hydrogens is 222 g/mol. The second-order valence-corrected chi connectivity index (χ2v) is 6.17. The van der Waals surface area contributed by atoms with Gasteiger partial charge in [0, 0.05) is 0 Å². The highest BCUT2D eigenvalue weighted by Gasteiger charge is 2.33. The van der Waals surface area contributed by atoms with Crippen LogP contribution >= 0.6 is 11.8 Å². The normalized spacial score (nSPS) is 28.1. The maximum absolute atomic E-state index is 11.4. The molecule has 0 aromatic rings. The molecule has 16 heavy (non-hydrogen) atoms. The molecule has 0 aromatic heterocycles. The molecule has 3 nitrogen and oxygen atoms in total. The smallest absolute Gasteiger partial charge is 0.317 e. The van der Waals surface area contributed by atoms with Gasteiger partial charge in [0.05, 0.1) is 0 Å². The minimum atomic E-state index is -0.263. The Morgan fingerprint density at radius 2 is 2.25 bits per heavy atom. The predicted octanol–water partition coefficient (Wildman–Crippen LogP) is 2.96. The van der Waals surface area contributed by atoms with Crippen LogP contribution in [-0.4, -0.2) is 17.8 Å². The third-order valence-corrected chi connectivity index (χ3v) is 3.41. The van der Waals surface area contributed by atoms with Crippen molar-refractivity contribution in [1.29, 1.82) is 5.26 Å². The lowest BCUT2D eigenvalue weighted by atomic mass is 9.71. The Morgan fingerprint density at radius 3 is 2.81 bits per heavy atom. The van der Waals surface area contributed by atoms with E-state index < -0.39 is 0 Å². The number of thioether (sulfide) groups is 1. The second kappa shape index (κ2) is 5.58. The van der Waals surface area contributed by atoms with E-state index in [-0.39, 0.29) is 23.2 Å². The van der Waals surface area contributed by atoms with Crippen LogP contribution in [0, 0.1) is 22.0 Å². The van der Waals surface area contributed by atoms with Crippen LogP contribution < -0.4 is 0 Å². The minimum Gasteiger partial charge on any atom is -0.462 e. The van der Waals surface area contributed by atoms with Gasteiger partial charge in [0.1, 0.15) is 17.3 Å². The molecule has 1 fully saturated rings. The number of carbonyl (C=O) groups excluding carboxylic acids is 1. The molecule has 90 valence electrons. The summed E-state index contributed by atoms with van der Waals surface area (Å²) in [5.41, 5.74) is 0.255. The predicted molar refractivity (Wildman–Crippen MR) is 64.7 cm³/mol. The van der Waals surface area contributed by atoms with Crippen molar-refractivity contribution in [3.8, 4) is 5.40 Å². The van der Waals surface area contributed by atoms with Gasteiger partial charge >= 0.3 is 5.97 Å². The van der Waals surface area contributed by atoms with Crippen molar-refractivity contribution in [2.24, 2.45) is 11.3 Å². The summed E-state index contributed by atoms with van der Waals surface area (Å²) >= 11 is 0.936. The number of hydrogen-bond acceptors (Lipinski definition) is 4. The van der Waals surface area contributed by atoms with Gasteiger partial charge in [0.15, 0.2) is 0 Å². The lowest BCUT2D eigenvalue weighted by Crippen LogP contribution is -2.34. The van der Waals surface area contributed by atoms with Crippen molar-refractivity contribution in [3.63, 3.8) is 0 Å². The van der Waals surface area contributed by atoms with Crippen molar-refractivity contribution in [2.45, 2.75) is 46.1 Å². The number of esters is 1. The maximum atomic E-state index is 11.4. The summed E-state index contributed by atoms with van der Waals surface area (Å²) in [5.74, 6) is 0.480. The zero-order chi connectivity index (χ0) is 12.2. The maximum Gasteiger partial charge on any atom is 0.317 e. The molecule has 0 aromatic carbocycles. The Balaban J connectivity index is 2.42. The van der Waals surface area contributed by atoms with E-state index in [2.05, 4.69) is 20.8 Å². The van der Waals surface area contributed by atoms with Gasteiger partial charge in [-0.1, -0.05) is 20.8 Å². The Bertz CT molecular complexity index is 296. The van der Waals surface area contributed by atoms with Crippen molar-refractivity contribution in [2.75, 3.05) is 5.75 Å². The number of nitrogens with zero attached hydrogens (tertiary/aromatic N) is 1. The summed E-state index contributed by atoms with van der Waals surface area (Å²) in [4.78, 5) is 11.4. The molecule has 0 N–H and O–H groups in total. The number of thiocyanates is 1. The number of rotatable bonds is 3. The van der Waals surface area contributed by atoms with Crippen LogP contribution in [0.25, 0.3) is 0 Å². The van der Waals surface area contributed by atoms with Gasteiger partial charge in [-0.2, -0.15) is 5.26 Å².